The van der Waals surface area contributed by atoms with Gasteiger partial charge in [-0.1, -0.05) is 6.92 Å². The van der Waals surface area contributed by atoms with E-state index < -0.39 is 0 Å². The van der Waals surface area contributed by atoms with Gasteiger partial charge in [0.2, 0.25) is 0 Å². The van der Waals surface area contributed by atoms with Gasteiger partial charge in [-0.3, -0.25) is 5.32 Å². The fraction of sp³-hybridized carbons (Fsp3) is 0.714. The lowest BCUT2D eigenvalue weighted by molar-refractivity contribution is 0.146. The zero-order chi connectivity index (χ0) is 14.1. The standard InChI is InChI=1S/C14H21N3O2S/c1-2-10-7-20-14(15-10)17-13(19)16-12-9-4-3-8(5-9)11(12)6-18/h7-9,11-12,18H,2-6H2,1H3,(H2,15,16,17,19). The van der Waals surface area contributed by atoms with Crippen molar-refractivity contribution in [3.63, 3.8) is 0 Å². The summed E-state index contributed by atoms with van der Waals surface area (Å²) in [7, 11) is 0. The SMILES string of the molecule is CCc1csc(NC(=O)NC2C3CCC(C3)C2CO)n1. The van der Waals surface area contributed by atoms with E-state index in [2.05, 4.69) is 15.6 Å². The van der Waals surface area contributed by atoms with E-state index in [1.807, 2.05) is 12.3 Å². The number of hydrogen-bond acceptors (Lipinski definition) is 4. The number of rotatable bonds is 4. The first-order valence-corrected chi connectivity index (χ1v) is 8.22. The van der Waals surface area contributed by atoms with Gasteiger partial charge in [-0.2, -0.15) is 0 Å². The predicted molar refractivity (Wildman–Crippen MR) is 78.8 cm³/mol. The molecule has 2 amide bonds. The lowest BCUT2D eigenvalue weighted by Crippen LogP contribution is -2.46. The van der Waals surface area contributed by atoms with Crippen molar-refractivity contribution in [3.8, 4) is 0 Å². The maximum Gasteiger partial charge on any atom is 0.321 e. The van der Waals surface area contributed by atoms with Crippen molar-refractivity contribution in [1.82, 2.24) is 10.3 Å². The first-order chi connectivity index (χ1) is 9.71. The second-order valence-electron chi connectivity index (χ2n) is 5.80. The van der Waals surface area contributed by atoms with Gasteiger partial charge in [-0.15, -0.1) is 11.3 Å². The summed E-state index contributed by atoms with van der Waals surface area (Å²) in [6.07, 6.45) is 4.39. The largest absolute Gasteiger partial charge is 0.396 e. The molecule has 6 heteroatoms. The molecule has 1 heterocycles. The number of aliphatic hydroxyl groups excluding tert-OH is 1. The summed E-state index contributed by atoms with van der Waals surface area (Å²) in [5.74, 6) is 1.34. The number of hydrogen-bond donors (Lipinski definition) is 3. The third kappa shape index (κ3) is 2.54. The molecule has 3 N–H and O–H groups in total. The quantitative estimate of drug-likeness (QED) is 0.797. The molecule has 2 aliphatic rings. The number of nitrogens with zero attached hydrogens (tertiary/aromatic N) is 1. The fourth-order valence-electron chi connectivity index (χ4n) is 3.71. The van der Waals surface area contributed by atoms with E-state index >= 15 is 0 Å². The summed E-state index contributed by atoms with van der Waals surface area (Å²) >= 11 is 1.45. The van der Waals surface area contributed by atoms with Crippen LogP contribution in [-0.2, 0) is 6.42 Å². The summed E-state index contributed by atoms with van der Waals surface area (Å²) in [4.78, 5) is 16.4. The van der Waals surface area contributed by atoms with Crippen LogP contribution in [0.3, 0.4) is 0 Å². The molecular weight excluding hydrogens is 274 g/mol. The van der Waals surface area contributed by atoms with Crippen LogP contribution >= 0.6 is 11.3 Å². The molecule has 1 aromatic rings. The maximum absolute atomic E-state index is 12.1. The van der Waals surface area contributed by atoms with Crippen LogP contribution in [0.15, 0.2) is 5.38 Å². The maximum atomic E-state index is 12.1. The van der Waals surface area contributed by atoms with Gasteiger partial charge in [0.25, 0.3) is 0 Å². The third-order valence-electron chi connectivity index (χ3n) is 4.73. The average molecular weight is 295 g/mol. The molecular formula is C14H21N3O2S. The smallest absolute Gasteiger partial charge is 0.321 e. The molecule has 4 unspecified atom stereocenters. The summed E-state index contributed by atoms with van der Waals surface area (Å²) in [5, 5.41) is 18.0. The lowest BCUT2D eigenvalue weighted by atomic mass is 9.85. The molecule has 2 saturated carbocycles. The minimum Gasteiger partial charge on any atom is -0.396 e. The van der Waals surface area contributed by atoms with Gasteiger partial charge in [0, 0.05) is 23.9 Å². The molecule has 1 aromatic heterocycles. The minimum atomic E-state index is -0.196. The number of fused-ring (bicyclic) bond motifs is 2. The van der Waals surface area contributed by atoms with E-state index in [9.17, 15) is 9.90 Å². The van der Waals surface area contributed by atoms with E-state index in [0.717, 1.165) is 18.5 Å². The van der Waals surface area contributed by atoms with Crippen molar-refractivity contribution in [2.24, 2.45) is 17.8 Å². The Morgan fingerprint density at radius 3 is 3.00 bits per heavy atom. The van der Waals surface area contributed by atoms with Crippen LogP contribution in [0.2, 0.25) is 0 Å². The van der Waals surface area contributed by atoms with Crippen LogP contribution < -0.4 is 10.6 Å². The van der Waals surface area contributed by atoms with Crippen LogP contribution in [0.4, 0.5) is 9.93 Å². The number of thiazole rings is 1. The normalized spacial score (nSPS) is 31.5. The van der Waals surface area contributed by atoms with Crippen molar-refractivity contribution < 1.29 is 9.90 Å². The molecule has 2 bridgehead atoms. The molecule has 3 rings (SSSR count). The van der Waals surface area contributed by atoms with Crippen molar-refractivity contribution in [1.29, 1.82) is 0 Å². The van der Waals surface area contributed by atoms with Gasteiger partial charge in [0.15, 0.2) is 5.13 Å². The number of nitrogens with one attached hydrogen (secondary N) is 2. The van der Waals surface area contributed by atoms with Crippen LogP contribution in [0.25, 0.3) is 0 Å². The molecule has 2 aliphatic carbocycles. The summed E-state index contributed by atoms with van der Waals surface area (Å²) in [6.45, 7) is 2.21. The molecule has 110 valence electrons. The van der Waals surface area contributed by atoms with E-state index in [0.29, 0.717) is 17.0 Å². The van der Waals surface area contributed by atoms with E-state index in [1.54, 1.807) is 0 Å². The second kappa shape index (κ2) is 5.69. The summed E-state index contributed by atoms with van der Waals surface area (Å²) < 4.78 is 0. The molecule has 4 atom stereocenters. The number of aryl methyl sites for hydroxylation is 1. The molecule has 0 aliphatic heterocycles. The molecule has 20 heavy (non-hydrogen) atoms. The minimum absolute atomic E-state index is 0.115. The highest BCUT2D eigenvalue weighted by Crippen LogP contribution is 2.48. The Morgan fingerprint density at radius 2 is 2.30 bits per heavy atom. The van der Waals surface area contributed by atoms with Crippen LogP contribution in [0.1, 0.15) is 31.9 Å². The Hall–Kier alpha value is -1.14. The Labute approximate surface area is 122 Å². The van der Waals surface area contributed by atoms with Gasteiger partial charge >= 0.3 is 6.03 Å². The van der Waals surface area contributed by atoms with E-state index in [-0.39, 0.29) is 24.6 Å². The van der Waals surface area contributed by atoms with Crippen LogP contribution in [0, 0.1) is 17.8 Å². The molecule has 5 nitrogen and oxygen atoms in total. The lowest BCUT2D eigenvalue weighted by Gasteiger charge is -2.30. The number of aromatic nitrogens is 1. The fourth-order valence-corrected chi connectivity index (χ4v) is 4.50. The van der Waals surface area contributed by atoms with Crippen molar-refractivity contribution >= 4 is 22.5 Å². The number of carbonyl (C=O) groups is 1. The first kappa shape index (κ1) is 13.8. The third-order valence-corrected chi connectivity index (χ3v) is 5.54. The zero-order valence-electron chi connectivity index (χ0n) is 11.6. The van der Waals surface area contributed by atoms with E-state index in [4.69, 9.17) is 0 Å². The topological polar surface area (TPSA) is 74.2 Å². The molecule has 0 saturated heterocycles. The molecule has 0 spiro atoms. The predicted octanol–water partition coefficient (Wildman–Crippen LogP) is 2.23. The van der Waals surface area contributed by atoms with Gasteiger partial charge < -0.3 is 10.4 Å². The highest BCUT2D eigenvalue weighted by atomic mass is 32.1. The van der Waals surface area contributed by atoms with Crippen LogP contribution in [0.5, 0.6) is 0 Å². The average Bonchev–Trinajstić information content (AvgIpc) is 3.13. The van der Waals surface area contributed by atoms with Gasteiger partial charge in [0.1, 0.15) is 0 Å². The Kier molecular flexibility index (Phi) is 3.94. The Bertz CT molecular complexity index is 491. The second-order valence-corrected chi connectivity index (χ2v) is 6.66. The van der Waals surface area contributed by atoms with Gasteiger partial charge in [0.05, 0.1) is 5.69 Å². The molecule has 0 radical (unpaired) electrons. The summed E-state index contributed by atoms with van der Waals surface area (Å²) in [6, 6.07) is -0.0811. The van der Waals surface area contributed by atoms with Crippen molar-refractivity contribution in [2.45, 2.75) is 38.6 Å². The zero-order valence-corrected chi connectivity index (χ0v) is 12.4. The summed E-state index contributed by atoms with van der Waals surface area (Å²) in [5.41, 5.74) is 0.999. The first-order valence-electron chi connectivity index (χ1n) is 7.34. The highest BCUT2D eigenvalue weighted by Gasteiger charge is 2.47. The molecule has 2 fully saturated rings. The number of amides is 2. The van der Waals surface area contributed by atoms with Crippen molar-refractivity contribution in [3.05, 3.63) is 11.1 Å². The van der Waals surface area contributed by atoms with Crippen LogP contribution in [-0.4, -0.2) is 28.8 Å². The molecule has 0 aromatic carbocycles. The number of carbonyl (C=O) groups excluding carboxylic acids is 1. The number of aliphatic hydroxyl groups is 1. The Morgan fingerprint density at radius 1 is 1.50 bits per heavy atom. The van der Waals surface area contributed by atoms with E-state index in [1.165, 1.54) is 24.2 Å². The number of urea groups is 1. The van der Waals surface area contributed by atoms with Gasteiger partial charge in [-0.25, -0.2) is 9.78 Å². The Balaban J connectivity index is 1.58. The monoisotopic (exact) mass is 295 g/mol. The van der Waals surface area contributed by atoms with Crippen molar-refractivity contribution in [2.75, 3.05) is 11.9 Å². The van der Waals surface area contributed by atoms with Gasteiger partial charge in [-0.05, 0) is 37.5 Å². The number of anilines is 1. The highest BCUT2D eigenvalue weighted by molar-refractivity contribution is 7.13.